The molecule has 0 bridgehead atoms. The number of fused-ring (bicyclic) bond motifs is 1. The van der Waals surface area contributed by atoms with Gasteiger partial charge in [0.15, 0.2) is 0 Å². The summed E-state index contributed by atoms with van der Waals surface area (Å²) in [4.78, 5) is 14.3. The molecule has 2 aliphatic rings. The molecule has 3 rings (SSSR count). The van der Waals surface area contributed by atoms with Crippen LogP contribution in [0.1, 0.15) is 41.6 Å². The smallest absolute Gasteiger partial charge is 0.255 e. The van der Waals surface area contributed by atoms with E-state index in [0.717, 1.165) is 54.4 Å². The maximum absolute atomic E-state index is 12.3. The third-order valence-corrected chi connectivity index (χ3v) is 4.94. The minimum atomic E-state index is -0.120. The van der Waals surface area contributed by atoms with Gasteiger partial charge in [-0.15, -0.1) is 0 Å². The molecule has 19 heavy (non-hydrogen) atoms. The molecule has 2 atom stereocenters. The molecule has 102 valence electrons. The van der Waals surface area contributed by atoms with E-state index >= 15 is 0 Å². The quantitative estimate of drug-likeness (QED) is 0.929. The Hall–Kier alpha value is -0.870. The molecular formula is C15H18BrNO2. The summed E-state index contributed by atoms with van der Waals surface area (Å²) in [5.74, 6) is 0.718. The lowest BCUT2D eigenvalue weighted by molar-refractivity contribution is 0.0767. The van der Waals surface area contributed by atoms with Crippen LogP contribution >= 0.6 is 15.9 Å². The lowest BCUT2D eigenvalue weighted by Crippen LogP contribution is -2.26. The molecule has 1 saturated carbocycles. The summed E-state index contributed by atoms with van der Waals surface area (Å²) in [6, 6.07) is 5.93. The number of halogens is 1. The highest BCUT2D eigenvalue weighted by molar-refractivity contribution is 9.10. The zero-order valence-electron chi connectivity index (χ0n) is 10.8. The van der Waals surface area contributed by atoms with E-state index in [2.05, 4.69) is 15.9 Å². The van der Waals surface area contributed by atoms with E-state index in [9.17, 15) is 9.90 Å². The van der Waals surface area contributed by atoms with Crippen molar-refractivity contribution in [2.24, 2.45) is 5.92 Å². The predicted octanol–water partition coefficient (Wildman–Crippen LogP) is 2.96. The SMILES string of the molecule is O=C1c2c(Br)cccc2CN1CCC1CCC(O)C1. The monoisotopic (exact) mass is 323 g/mol. The van der Waals surface area contributed by atoms with E-state index < -0.39 is 0 Å². The average molecular weight is 324 g/mol. The molecule has 1 aliphatic heterocycles. The van der Waals surface area contributed by atoms with Crippen LogP contribution in [0.3, 0.4) is 0 Å². The summed E-state index contributed by atoms with van der Waals surface area (Å²) in [5, 5.41) is 9.54. The number of hydrogen-bond acceptors (Lipinski definition) is 2. The average Bonchev–Trinajstić information content (AvgIpc) is 2.92. The molecule has 1 fully saturated rings. The van der Waals surface area contributed by atoms with Crippen molar-refractivity contribution in [3.8, 4) is 0 Å². The number of carbonyl (C=O) groups is 1. The van der Waals surface area contributed by atoms with Crippen molar-refractivity contribution >= 4 is 21.8 Å². The van der Waals surface area contributed by atoms with Gasteiger partial charge in [-0.25, -0.2) is 0 Å². The van der Waals surface area contributed by atoms with E-state index in [1.165, 1.54) is 0 Å². The van der Waals surface area contributed by atoms with Crippen LogP contribution in [0.15, 0.2) is 22.7 Å². The number of benzene rings is 1. The lowest BCUT2D eigenvalue weighted by atomic mass is 10.0. The molecule has 1 N–H and O–H groups in total. The van der Waals surface area contributed by atoms with E-state index in [1.807, 2.05) is 23.1 Å². The van der Waals surface area contributed by atoms with E-state index in [0.29, 0.717) is 5.92 Å². The molecule has 3 nitrogen and oxygen atoms in total. The number of nitrogens with zero attached hydrogens (tertiary/aromatic N) is 1. The van der Waals surface area contributed by atoms with Gasteiger partial charge < -0.3 is 10.0 Å². The Balaban J connectivity index is 1.63. The molecule has 0 radical (unpaired) electrons. The van der Waals surface area contributed by atoms with Crippen LogP contribution in [0, 0.1) is 5.92 Å². The van der Waals surface area contributed by atoms with Crippen LogP contribution < -0.4 is 0 Å². The zero-order valence-corrected chi connectivity index (χ0v) is 12.4. The van der Waals surface area contributed by atoms with Crippen molar-refractivity contribution in [2.75, 3.05) is 6.54 Å². The normalized spacial score (nSPS) is 26.0. The van der Waals surface area contributed by atoms with Crippen molar-refractivity contribution in [3.63, 3.8) is 0 Å². The first-order valence-corrected chi connectivity index (χ1v) is 7.69. The van der Waals surface area contributed by atoms with Crippen LogP contribution in [0.5, 0.6) is 0 Å². The van der Waals surface area contributed by atoms with Crippen molar-refractivity contribution in [2.45, 2.75) is 38.3 Å². The van der Waals surface area contributed by atoms with Gasteiger partial charge in [-0.3, -0.25) is 4.79 Å². The van der Waals surface area contributed by atoms with Gasteiger partial charge in [0, 0.05) is 17.6 Å². The first-order chi connectivity index (χ1) is 9.15. The molecule has 4 heteroatoms. The highest BCUT2D eigenvalue weighted by Gasteiger charge is 2.30. The van der Waals surface area contributed by atoms with Gasteiger partial charge in [-0.1, -0.05) is 12.1 Å². The van der Waals surface area contributed by atoms with E-state index in [-0.39, 0.29) is 12.0 Å². The standard InChI is InChI=1S/C15H18BrNO2/c16-13-3-1-2-11-9-17(15(19)14(11)13)7-6-10-4-5-12(18)8-10/h1-3,10,12,18H,4-9H2. The third-order valence-electron chi connectivity index (χ3n) is 4.28. The van der Waals surface area contributed by atoms with Crippen LogP contribution in [0.2, 0.25) is 0 Å². The Morgan fingerprint density at radius 1 is 1.37 bits per heavy atom. The second kappa shape index (κ2) is 5.25. The molecular weight excluding hydrogens is 306 g/mol. The summed E-state index contributed by atoms with van der Waals surface area (Å²) in [6.45, 7) is 1.53. The topological polar surface area (TPSA) is 40.5 Å². The molecule has 1 aliphatic carbocycles. The molecule has 1 heterocycles. The Bertz CT molecular complexity index is 503. The summed E-state index contributed by atoms with van der Waals surface area (Å²) >= 11 is 3.46. The number of amides is 1. The second-order valence-corrected chi connectivity index (χ2v) is 6.48. The lowest BCUT2D eigenvalue weighted by Gasteiger charge is -2.18. The van der Waals surface area contributed by atoms with Crippen molar-refractivity contribution in [1.82, 2.24) is 4.90 Å². The Morgan fingerprint density at radius 3 is 2.89 bits per heavy atom. The third kappa shape index (κ3) is 2.56. The number of aliphatic hydroxyl groups is 1. The first-order valence-electron chi connectivity index (χ1n) is 6.90. The van der Waals surface area contributed by atoms with Gasteiger partial charge in [0.2, 0.25) is 0 Å². The molecule has 0 spiro atoms. The molecule has 1 aromatic rings. The van der Waals surface area contributed by atoms with Crippen LogP contribution in [0.4, 0.5) is 0 Å². The number of rotatable bonds is 3. The first kappa shape index (κ1) is 13.1. The Labute approximate surface area is 121 Å². The summed E-state index contributed by atoms with van der Waals surface area (Å²) in [7, 11) is 0. The van der Waals surface area contributed by atoms with Crippen LogP contribution in [-0.4, -0.2) is 28.6 Å². The molecule has 0 aromatic heterocycles. The highest BCUT2D eigenvalue weighted by atomic mass is 79.9. The minimum absolute atomic E-state index is 0.120. The van der Waals surface area contributed by atoms with Gasteiger partial charge in [-0.05, 0) is 59.2 Å². The summed E-state index contributed by atoms with van der Waals surface area (Å²) < 4.78 is 0.897. The van der Waals surface area contributed by atoms with Gasteiger partial charge in [0.05, 0.1) is 11.7 Å². The Morgan fingerprint density at radius 2 is 2.21 bits per heavy atom. The van der Waals surface area contributed by atoms with Crippen molar-refractivity contribution in [3.05, 3.63) is 33.8 Å². The van der Waals surface area contributed by atoms with Crippen molar-refractivity contribution < 1.29 is 9.90 Å². The summed E-state index contributed by atoms with van der Waals surface area (Å²) in [6.07, 6.45) is 3.81. The fourth-order valence-electron chi connectivity index (χ4n) is 3.21. The largest absolute Gasteiger partial charge is 0.393 e. The maximum atomic E-state index is 12.3. The number of aliphatic hydroxyl groups excluding tert-OH is 1. The highest BCUT2D eigenvalue weighted by Crippen LogP contribution is 2.32. The maximum Gasteiger partial charge on any atom is 0.255 e. The van der Waals surface area contributed by atoms with Gasteiger partial charge in [0.1, 0.15) is 0 Å². The van der Waals surface area contributed by atoms with Crippen LogP contribution in [0.25, 0.3) is 0 Å². The minimum Gasteiger partial charge on any atom is -0.393 e. The van der Waals surface area contributed by atoms with E-state index in [1.54, 1.807) is 0 Å². The molecule has 1 amide bonds. The summed E-state index contributed by atoms with van der Waals surface area (Å²) in [5.41, 5.74) is 1.94. The van der Waals surface area contributed by atoms with Gasteiger partial charge in [0.25, 0.3) is 5.91 Å². The van der Waals surface area contributed by atoms with E-state index in [4.69, 9.17) is 0 Å². The van der Waals surface area contributed by atoms with Gasteiger partial charge >= 0.3 is 0 Å². The number of carbonyl (C=O) groups excluding carboxylic acids is 1. The fraction of sp³-hybridized carbons (Fsp3) is 0.533. The zero-order chi connectivity index (χ0) is 13.4. The van der Waals surface area contributed by atoms with Gasteiger partial charge in [-0.2, -0.15) is 0 Å². The second-order valence-electron chi connectivity index (χ2n) is 5.62. The molecule has 2 unspecified atom stereocenters. The van der Waals surface area contributed by atoms with Crippen molar-refractivity contribution in [1.29, 1.82) is 0 Å². The fourth-order valence-corrected chi connectivity index (χ4v) is 3.78. The predicted molar refractivity (Wildman–Crippen MR) is 76.8 cm³/mol. The Kier molecular flexibility index (Phi) is 3.63. The molecule has 0 saturated heterocycles. The number of hydrogen-bond donors (Lipinski definition) is 1. The van der Waals surface area contributed by atoms with Crippen LogP contribution in [-0.2, 0) is 6.54 Å². The molecule has 1 aromatic carbocycles.